The average Bonchev–Trinajstić information content (AvgIpc) is 3.32. The Balaban J connectivity index is 1.25. The molecule has 0 atom stereocenters. The van der Waals surface area contributed by atoms with Crippen LogP contribution in [0.15, 0.2) is 67.0 Å². The molecule has 1 aliphatic heterocycles. The van der Waals surface area contributed by atoms with Gasteiger partial charge in [-0.1, -0.05) is 37.3 Å². The van der Waals surface area contributed by atoms with Crippen LogP contribution in [0.2, 0.25) is 0 Å². The zero-order valence-corrected chi connectivity index (χ0v) is 17.9. The number of para-hydroxylation sites is 1. The molecular formula is C25H28N4O2. The number of carbonyl (C=O) groups is 2. The third-order valence-electron chi connectivity index (χ3n) is 5.81. The lowest BCUT2D eigenvalue weighted by molar-refractivity contribution is -0.132. The van der Waals surface area contributed by atoms with Crippen LogP contribution in [-0.2, 0) is 17.6 Å². The Morgan fingerprint density at radius 1 is 0.871 bits per heavy atom. The SMILES string of the molecule is CCc1ccc(C(=O)N2CCN(C(=O)CCc3cnn(-c4ccccc4)c3)CC2)cc1. The van der Waals surface area contributed by atoms with Gasteiger partial charge in [-0.15, -0.1) is 0 Å². The summed E-state index contributed by atoms with van der Waals surface area (Å²) >= 11 is 0. The Labute approximate surface area is 183 Å². The van der Waals surface area contributed by atoms with Crippen LogP contribution in [0.25, 0.3) is 5.69 Å². The predicted octanol–water partition coefficient (Wildman–Crippen LogP) is 3.35. The van der Waals surface area contributed by atoms with E-state index < -0.39 is 0 Å². The smallest absolute Gasteiger partial charge is 0.253 e. The van der Waals surface area contributed by atoms with Crippen molar-refractivity contribution in [2.24, 2.45) is 0 Å². The minimum atomic E-state index is 0.0445. The van der Waals surface area contributed by atoms with Crippen molar-refractivity contribution in [2.45, 2.75) is 26.2 Å². The largest absolute Gasteiger partial charge is 0.339 e. The molecule has 6 nitrogen and oxygen atoms in total. The molecule has 0 radical (unpaired) electrons. The number of nitrogens with zero attached hydrogens (tertiary/aromatic N) is 4. The Bertz CT molecular complexity index is 1020. The molecule has 31 heavy (non-hydrogen) atoms. The molecule has 1 fully saturated rings. The number of aryl methyl sites for hydroxylation is 2. The molecule has 2 amide bonds. The monoisotopic (exact) mass is 416 g/mol. The summed E-state index contributed by atoms with van der Waals surface area (Å²) in [5, 5.41) is 4.39. The van der Waals surface area contributed by atoms with Crippen LogP contribution < -0.4 is 0 Å². The number of carbonyl (C=O) groups excluding carboxylic acids is 2. The molecular weight excluding hydrogens is 388 g/mol. The second-order valence-electron chi connectivity index (χ2n) is 7.85. The molecule has 2 heterocycles. The van der Waals surface area contributed by atoms with Crippen LogP contribution >= 0.6 is 0 Å². The summed E-state index contributed by atoms with van der Waals surface area (Å²) in [5.41, 5.74) is 3.99. The van der Waals surface area contributed by atoms with Gasteiger partial charge in [-0.25, -0.2) is 4.68 Å². The molecule has 0 unspecified atom stereocenters. The molecule has 0 N–H and O–H groups in total. The molecule has 1 saturated heterocycles. The minimum Gasteiger partial charge on any atom is -0.339 e. The van der Waals surface area contributed by atoms with E-state index in [4.69, 9.17) is 0 Å². The van der Waals surface area contributed by atoms with Gasteiger partial charge in [0.25, 0.3) is 5.91 Å². The molecule has 160 valence electrons. The molecule has 4 rings (SSSR count). The van der Waals surface area contributed by atoms with E-state index in [0.717, 1.165) is 17.7 Å². The van der Waals surface area contributed by atoms with E-state index in [9.17, 15) is 9.59 Å². The maximum absolute atomic E-state index is 12.7. The van der Waals surface area contributed by atoms with Gasteiger partial charge in [0.1, 0.15) is 0 Å². The first-order valence-corrected chi connectivity index (χ1v) is 10.9. The van der Waals surface area contributed by atoms with E-state index in [1.807, 2.05) is 81.5 Å². The first kappa shape index (κ1) is 20.8. The number of hydrogen-bond acceptors (Lipinski definition) is 3. The van der Waals surface area contributed by atoms with Gasteiger partial charge in [0.15, 0.2) is 0 Å². The summed E-state index contributed by atoms with van der Waals surface area (Å²) in [6.45, 7) is 4.42. The molecule has 0 spiro atoms. The van der Waals surface area contributed by atoms with Crippen LogP contribution in [0.4, 0.5) is 0 Å². The molecule has 6 heteroatoms. The van der Waals surface area contributed by atoms with E-state index in [-0.39, 0.29) is 11.8 Å². The number of rotatable bonds is 6. The Kier molecular flexibility index (Phi) is 6.46. The highest BCUT2D eigenvalue weighted by Crippen LogP contribution is 2.13. The molecule has 0 aliphatic carbocycles. The summed E-state index contributed by atoms with van der Waals surface area (Å²) < 4.78 is 1.83. The van der Waals surface area contributed by atoms with Crippen molar-refractivity contribution < 1.29 is 9.59 Å². The predicted molar refractivity (Wildman–Crippen MR) is 120 cm³/mol. The molecule has 0 bridgehead atoms. The molecule has 1 aromatic heterocycles. The van der Waals surface area contributed by atoms with Gasteiger partial charge in [0, 0.05) is 44.4 Å². The summed E-state index contributed by atoms with van der Waals surface area (Å²) in [6, 6.07) is 17.7. The topological polar surface area (TPSA) is 58.4 Å². The maximum Gasteiger partial charge on any atom is 0.253 e. The fourth-order valence-electron chi connectivity index (χ4n) is 3.85. The summed E-state index contributed by atoms with van der Waals surface area (Å²) in [7, 11) is 0. The van der Waals surface area contributed by atoms with E-state index in [2.05, 4.69) is 12.0 Å². The van der Waals surface area contributed by atoms with Crippen molar-refractivity contribution in [3.8, 4) is 5.69 Å². The van der Waals surface area contributed by atoms with Crippen molar-refractivity contribution in [3.63, 3.8) is 0 Å². The van der Waals surface area contributed by atoms with Crippen molar-refractivity contribution in [1.29, 1.82) is 0 Å². The van der Waals surface area contributed by atoms with Gasteiger partial charge >= 0.3 is 0 Å². The van der Waals surface area contributed by atoms with E-state index >= 15 is 0 Å². The summed E-state index contributed by atoms with van der Waals surface area (Å²) in [4.78, 5) is 29.1. The second-order valence-corrected chi connectivity index (χ2v) is 7.85. The maximum atomic E-state index is 12.7. The Morgan fingerprint density at radius 2 is 1.55 bits per heavy atom. The standard InChI is InChI=1S/C25H28N4O2/c1-2-20-8-11-22(12-9-20)25(31)28-16-14-27(15-17-28)24(30)13-10-21-18-26-29(19-21)23-6-4-3-5-7-23/h3-9,11-12,18-19H,2,10,13-17H2,1H3. The quantitative estimate of drug-likeness (QED) is 0.619. The van der Waals surface area contributed by atoms with Crippen LogP contribution in [-0.4, -0.2) is 57.6 Å². The number of piperazine rings is 1. The first-order valence-electron chi connectivity index (χ1n) is 10.9. The normalized spacial score (nSPS) is 14.0. The van der Waals surface area contributed by atoms with Crippen LogP contribution in [0, 0.1) is 0 Å². The lowest BCUT2D eigenvalue weighted by Crippen LogP contribution is -2.50. The highest BCUT2D eigenvalue weighted by Gasteiger charge is 2.24. The second kappa shape index (κ2) is 9.60. The Morgan fingerprint density at radius 3 is 2.23 bits per heavy atom. The zero-order valence-electron chi connectivity index (χ0n) is 17.9. The van der Waals surface area contributed by atoms with Crippen molar-refractivity contribution >= 4 is 11.8 Å². The lowest BCUT2D eigenvalue weighted by atomic mass is 10.1. The zero-order chi connectivity index (χ0) is 21.6. The fourth-order valence-corrected chi connectivity index (χ4v) is 3.85. The van der Waals surface area contributed by atoms with E-state index in [1.54, 1.807) is 0 Å². The van der Waals surface area contributed by atoms with Crippen LogP contribution in [0.5, 0.6) is 0 Å². The van der Waals surface area contributed by atoms with Gasteiger partial charge in [-0.05, 0) is 48.2 Å². The van der Waals surface area contributed by atoms with Crippen molar-refractivity contribution in [1.82, 2.24) is 19.6 Å². The molecule has 2 aromatic carbocycles. The highest BCUT2D eigenvalue weighted by atomic mass is 16.2. The minimum absolute atomic E-state index is 0.0445. The van der Waals surface area contributed by atoms with Crippen molar-refractivity contribution in [2.75, 3.05) is 26.2 Å². The molecule has 0 saturated carbocycles. The summed E-state index contributed by atoms with van der Waals surface area (Å²) in [6.07, 6.45) is 5.87. The number of hydrogen-bond donors (Lipinski definition) is 0. The van der Waals surface area contributed by atoms with Gasteiger partial charge in [-0.3, -0.25) is 9.59 Å². The van der Waals surface area contributed by atoms with E-state index in [0.29, 0.717) is 44.6 Å². The third kappa shape index (κ3) is 5.02. The number of benzene rings is 2. The number of aromatic nitrogens is 2. The van der Waals surface area contributed by atoms with Gasteiger partial charge in [0.2, 0.25) is 5.91 Å². The van der Waals surface area contributed by atoms with Gasteiger partial charge in [0.05, 0.1) is 11.9 Å². The molecule has 1 aliphatic rings. The third-order valence-corrected chi connectivity index (χ3v) is 5.81. The van der Waals surface area contributed by atoms with Gasteiger partial charge in [-0.2, -0.15) is 5.10 Å². The fraction of sp³-hybridized carbons (Fsp3) is 0.320. The number of amides is 2. The Hall–Kier alpha value is -3.41. The van der Waals surface area contributed by atoms with Crippen LogP contribution in [0.3, 0.4) is 0 Å². The molecule has 3 aromatic rings. The highest BCUT2D eigenvalue weighted by molar-refractivity contribution is 5.94. The lowest BCUT2D eigenvalue weighted by Gasteiger charge is -2.35. The van der Waals surface area contributed by atoms with Crippen LogP contribution in [0.1, 0.15) is 34.8 Å². The summed E-state index contributed by atoms with van der Waals surface area (Å²) in [5.74, 6) is 0.176. The van der Waals surface area contributed by atoms with Gasteiger partial charge < -0.3 is 9.80 Å². The van der Waals surface area contributed by atoms with E-state index in [1.165, 1.54) is 5.56 Å². The van der Waals surface area contributed by atoms with Crippen molar-refractivity contribution in [3.05, 3.63) is 83.7 Å². The first-order chi connectivity index (χ1) is 15.1. The average molecular weight is 417 g/mol.